The maximum Gasteiger partial charge on any atom is 0.209 e. The van der Waals surface area contributed by atoms with Crippen molar-refractivity contribution < 1.29 is 9.53 Å². The number of rotatable bonds is 6. The van der Waals surface area contributed by atoms with Crippen molar-refractivity contribution >= 4 is 17.5 Å². The van der Waals surface area contributed by atoms with E-state index in [0.717, 1.165) is 29.3 Å². The fourth-order valence-electron chi connectivity index (χ4n) is 2.08. The molecule has 0 saturated heterocycles. The summed E-state index contributed by atoms with van der Waals surface area (Å²) in [4.78, 5) is 11.5. The Morgan fingerprint density at radius 1 is 1.48 bits per heavy atom. The van der Waals surface area contributed by atoms with Crippen LogP contribution in [0.3, 0.4) is 0 Å². The smallest absolute Gasteiger partial charge is 0.209 e. The molecule has 0 amide bonds. The molecule has 0 unspecified atom stereocenters. The molecule has 1 fully saturated rings. The lowest BCUT2D eigenvalue weighted by Gasteiger charge is -2.09. The van der Waals surface area contributed by atoms with Crippen LogP contribution in [0.15, 0.2) is 23.4 Å². The van der Waals surface area contributed by atoms with Gasteiger partial charge in [-0.05, 0) is 48.4 Å². The topological polar surface area (TPSA) is 69.9 Å². The number of hydrogen-bond acceptors (Lipinski definition) is 6. The average Bonchev–Trinajstić information content (AvgIpc) is 3.23. The molecule has 1 aromatic carbocycles. The quantitative estimate of drug-likeness (QED) is 0.603. The van der Waals surface area contributed by atoms with E-state index in [1.807, 2.05) is 16.8 Å². The lowest BCUT2D eigenvalue weighted by molar-refractivity contribution is 0.101. The normalized spacial score (nSPS) is 14.2. The van der Waals surface area contributed by atoms with Crippen LogP contribution in [-0.4, -0.2) is 33.1 Å². The fourth-order valence-corrected chi connectivity index (χ4v) is 3.00. The van der Waals surface area contributed by atoms with E-state index in [9.17, 15) is 4.79 Å². The first-order valence-corrected chi connectivity index (χ1v) is 7.76. The van der Waals surface area contributed by atoms with Gasteiger partial charge < -0.3 is 4.74 Å². The van der Waals surface area contributed by atoms with Gasteiger partial charge in [-0.3, -0.25) is 4.79 Å². The highest BCUT2D eigenvalue weighted by Crippen LogP contribution is 2.37. The van der Waals surface area contributed by atoms with Gasteiger partial charge in [0, 0.05) is 16.9 Å². The molecule has 3 rings (SSSR count). The summed E-state index contributed by atoms with van der Waals surface area (Å²) in [5.74, 6) is 1.49. The number of ketones is 1. The third-order valence-electron chi connectivity index (χ3n) is 3.40. The largest absolute Gasteiger partial charge is 0.496 e. The number of aromatic nitrogens is 4. The zero-order chi connectivity index (χ0) is 14.8. The van der Waals surface area contributed by atoms with Crippen LogP contribution in [0.25, 0.3) is 0 Å². The number of tetrazole rings is 1. The first kappa shape index (κ1) is 14.1. The Morgan fingerprint density at radius 2 is 2.29 bits per heavy atom. The summed E-state index contributed by atoms with van der Waals surface area (Å²) in [6.07, 6.45) is 2.28. The standard InChI is InChI=1S/C14H16N4O2S/c1-9(19)10-3-6-13(20-2)11(7-10)8-21-14-15-16-17-18(14)12-4-5-12/h3,6-7,12H,4-5,8H2,1-2H3. The summed E-state index contributed by atoms with van der Waals surface area (Å²) in [5, 5.41) is 12.6. The number of carbonyl (C=O) groups excluding carboxylic acids is 1. The summed E-state index contributed by atoms with van der Waals surface area (Å²) >= 11 is 1.56. The first-order chi connectivity index (χ1) is 10.2. The van der Waals surface area contributed by atoms with Crippen molar-refractivity contribution in [1.82, 2.24) is 20.2 Å². The Balaban J connectivity index is 1.78. The van der Waals surface area contributed by atoms with Gasteiger partial charge in [-0.25, -0.2) is 4.68 Å². The maximum absolute atomic E-state index is 11.5. The lowest BCUT2D eigenvalue weighted by atomic mass is 10.1. The second-order valence-corrected chi connectivity index (χ2v) is 5.95. The monoisotopic (exact) mass is 304 g/mol. The Kier molecular flexibility index (Phi) is 3.92. The van der Waals surface area contributed by atoms with E-state index in [0.29, 0.717) is 17.4 Å². The van der Waals surface area contributed by atoms with Gasteiger partial charge in [-0.2, -0.15) is 0 Å². The molecule has 1 aromatic heterocycles. The van der Waals surface area contributed by atoms with Gasteiger partial charge in [-0.15, -0.1) is 5.10 Å². The van der Waals surface area contributed by atoms with Crippen molar-refractivity contribution in [2.45, 2.75) is 36.7 Å². The van der Waals surface area contributed by atoms with Crippen LogP contribution in [-0.2, 0) is 5.75 Å². The van der Waals surface area contributed by atoms with Crippen LogP contribution in [0.4, 0.5) is 0 Å². The SMILES string of the molecule is COc1ccc(C(C)=O)cc1CSc1nnnn1C1CC1. The molecule has 110 valence electrons. The molecule has 0 bridgehead atoms. The van der Waals surface area contributed by atoms with Gasteiger partial charge in [0.1, 0.15) is 5.75 Å². The van der Waals surface area contributed by atoms with E-state index in [1.54, 1.807) is 31.9 Å². The number of carbonyl (C=O) groups is 1. The van der Waals surface area contributed by atoms with Crippen molar-refractivity contribution in [2.75, 3.05) is 7.11 Å². The van der Waals surface area contributed by atoms with E-state index in [1.165, 1.54) is 0 Å². The average molecular weight is 304 g/mol. The summed E-state index contributed by atoms with van der Waals surface area (Å²) in [6.45, 7) is 1.56. The third kappa shape index (κ3) is 3.07. The molecule has 6 nitrogen and oxygen atoms in total. The highest BCUT2D eigenvalue weighted by atomic mass is 32.2. The van der Waals surface area contributed by atoms with Crippen molar-refractivity contribution in [3.63, 3.8) is 0 Å². The van der Waals surface area contributed by atoms with E-state index in [-0.39, 0.29) is 5.78 Å². The molecule has 0 radical (unpaired) electrons. The zero-order valence-electron chi connectivity index (χ0n) is 11.9. The van der Waals surface area contributed by atoms with E-state index in [4.69, 9.17) is 4.74 Å². The minimum Gasteiger partial charge on any atom is -0.496 e. The Bertz CT molecular complexity index is 667. The van der Waals surface area contributed by atoms with Crippen LogP contribution >= 0.6 is 11.8 Å². The molecule has 1 aliphatic rings. The minimum absolute atomic E-state index is 0.0479. The van der Waals surface area contributed by atoms with Crippen molar-refractivity contribution in [3.05, 3.63) is 29.3 Å². The Hall–Kier alpha value is -1.89. The van der Waals surface area contributed by atoms with Crippen molar-refractivity contribution in [2.24, 2.45) is 0 Å². The second-order valence-electron chi connectivity index (χ2n) is 5.01. The molecule has 0 N–H and O–H groups in total. The molecule has 7 heteroatoms. The van der Waals surface area contributed by atoms with Crippen LogP contribution in [0.1, 0.15) is 41.7 Å². The highest BCUT2D eigenvalue weighted by Gasteiger charge is 2.27. The lowest BCUT2D eigenvalue weighted by Crippen LogP contribution is -2.00. The summed E-state index contributed by atoms with van der Waals surface area (Å²) in [7, 11) is 1.63. The van der Waals surface area contributed by atoms with E-state index >= 15 is 0 Å². The number of nitrogens with zero attached hydrogens (tertiary/aromatic N) is 4. The van der Waals surface area contributed by atoms with Gasteiger partial charge in [-0.1, -0.05) is 11.8 Å². The number of methoxy groups -OCH3 is 1. The van der Waals surface area contributed by atoms with Crippen LogP contribution in [0, 0.1) is 0 Å². The van der Waals surface area contributed by atoms with E-state index < -0.39 is 0 Å². The van der Waals surface area contributed by atoms with Gasteiger partial charge >= 0.3 is 0 Å². The maximum atomic E-state index is 11.5. The number of ether oxygens (including phenoxy) is 1. The van der Waals surface area contributed by atoms with Crippen LogP contribution < -0.4 is 4.74 Å². The number of hydrogen-bond donors (Lipinski definition) is 0. The van der Waals surface area contributed by atoms with Crippen molar-refractivity contribution in [1.29, 1.82) is 0 Å². The molecule has 0 aliphatic heterocycles. The number of Topliss-reactive ketones (excluding diaryl/α,β-unsaturated/α-hetero) is 1. The van der Waals surface area contributed by atoms with E-state index in [2.05, 4.69) is 15.5 Å². The minimum atomic E-state index is 0.0479. The molecule has 0 atom stereocenters. The molecule has 0 spiro atoms. The van der Waals surface area contributed by atoms with Crippen LogP contribution in [0.5, 0.6) is 5.75 Å². The Morgan fingerprint density at radius 3 is 2.95 bits per heavy atom. The van der Waals surface area contributed by atoms with Gasteiger partial charge in [0.05, 0.1) is 13.2 Å². The van der Waals surface area contributed by atoms with Gasteiger partial charge in [0.15, 0.2) is 5.78 Å². The molecular formula is C14H16N4O2S. The van der Waals surface area contributed by atoms with Crippen LogP contribution in [0.2, 0.25) is 0 Å². The summed E-state index contributed by atoms with van der Waals surface area (Å²) in [6, 6.07) is 5.94. The number of thioether (sulfide) groups is 1. The molecule has 2 aromatic rings. The first-order valence-electron chi connectivity index (χ1n) is 6.77. The summed E-state index contributed by atoms with van der Waals surface area (Å²) < 4.78 is 7.24. The molecule has 1 aliphatic carbocycles. The predicted octanol–water partition coefficient (Wildman–Crippen LogP) is 2.51. The zero-order valence-corrected chi connectivity index (χ0v) is 12.8. The molecular weight excluding hydrogens is 288 g/mol. The second kappa shape index (κ2) is 5.85. The molecule has 1 saturated carbocycles. The highest BCUT2D eigenvalue weighted by molar-refractivity contribution is 7.98. The molecule has 21 heavy (non-hydrogen) atoms. The Labute approximate surface area is 126 Å². The summed E-state index contributed by atoms with van der Waals surface area (Å²) in [5.41, 5.74) is 1.66. The predicted molar refractivity (Wildman–Crippen MR) is 78.6 cm³/mol. The van der Waals surface area contributed by atoms with Gasteiger partial charge in [0.2, 0.25) is 5.16 Å². The fraction of sp³-hybridized carbons (Fsp3) is 0.429. The number of benzene rings is 1. The molecule has 1 heterocycles. The van der Waals surface area contributed by atoms with Crippen molar-refractivity contribution in [3.8, 4) is 5.75 Å². The van der Waals surface area contributed by atoms with Gasteiger partial charge in [0.25, 0.3) is 0 Å². The third-order valence-corrected chi connectivity index (χ3v) is 4.38.